The van der Waals surface area contributed by atoms with Crippen LogP contribution in [0.5, 0.6) is 5.75 Å². The summed E-state index contributed by atoms with van der Waals surface area (Å²) >= 11 is 0. The number of nitro benzene ring substituents is 1. The first-order valence-corrected chi connectivity index (χ1v) is 11.3. The molecule has 2 heterocycles. The van der Waals surface area contributed by atoms with Crippen LogP contribution in [0.15, 0.2) is 59.6 Å². The van der Waals surface area contributed by atoms with Gasteiger partial charge in [-0.2, -0.15) is 0 Å². The van der Waals surface area contributed by atoms with Crippen molar-refractivity contribution in [1.29, 1.82) is 0 Å². The van der Waals surface area contributed by atoms with Crippen molar-refractivity contribution in [3.8, 4) is 5.75 Å². The summed E-state index contributed by atoms with van der Waals surface area (Å²) in [6.07, 6.45) is 0. The number of non-ortho nitro benzene ring substituents is 1. The van der Waals surface area contributed by atoms with Crippen molar-refractivity contribution in [3.05, 3.63) is 81.7 Å². The quantitative estimate of drug-likeness (QED) is 0.234. The average Bonchev–Trinajstić information content (AvgIpc) is 2.83. The van der Waals surface area contributed by atoms with Crippen LogP contribution in [0.25, 0.3) is 0 Å². The number of nitro groups is 1. The van der Waals surface area contributed by atoms with Gasteiger partial charge in [-0.3, -0.25) is 10.1 Å². The van der Waals surface area contributed by atoms with Gasteiger partial charge in [0.1, 0.15) is 11.6 Å². The molecule has 0 spiro atoms. The van der Waals surface area contributed by atoms with Crippen molar-refractivity contribution in [1.82, 2.24) is 14.9 Å². The lowest BCUT2D eigenvalue weighted by molar-refractivity contribution is -0.384. The first-order chi connectivity index (χ1) is 16.4. The maximum absolute atomic E-state index is 11.4. The Morgan fingerprint density at radius 1 is 1.03 bits per heavy atom. The van der Waals surface area contributed by atoms with E-state index in [0.29, 0.717) is 31.1 Å². The average molecular weight is 461 g/mol. The molecular weight excluding hydrogens is 432 g/mol. The SMILES string of the molecule is CCOc1ccc(N=C(c2cccc([N+](=O)[O-])c2)N2CCN(c3nc(C)cc(C)n3)CC2)cc1. The molecular formula is C25H28N6O3. The van der Waals surface area contributed by atoms with Crippen molar-refractivity contribution in [2.75, 3.05) is 37.7 Å². The maximum Gasteiger partial charge on any atom is 0.270 e. The molecule has 4 rings (SSSR count). The van der Waals surface area contributed by atoms with Crippen LogP contribution in [-0.4, -0.2) is 58.4 Å². The molecule has 0 radical (unpaired) electrons. The second-order valence-electron chi connectivity index (χ2n) is 8.09. The standard InChI is InChI=1S/C25H28N6O3/c1-4-34-23-10-8-21(9-11-23)28-24(20-6-5-7-22(17-20)31(32)33)29-12-14-30(15-13-29)25-26-18(2)16-19(3)27-25/h5-11,16-17H,4,12-15H2,1-3H3. The minimum absolute atomic E-state index is 0.0409. The number of rotatable bonds is 6. The molecule has 176 valence electrons. The van der Waals surface area contributed by atoms with E-state index in [9.17, 15) is 10.1 Å². The normalized spacial score (nSPS) is 14.3. The summed E-state index contributed by atoms with van der Waals surface area (Å²) < 4.78 is 5.53. The Kier molecular flexibility index (Phi) is 7.01. The van der Waals surface area contributed by atoms with Gasteiger partial charge in [0.15, 0.2) is 0 Å². The molecule has 0 aliphatic carbocycles. The van der Waals surface area contributed by atoms with Crippen molar-refractivity contribution in [3.63, 3.8) is 0 Å². The molecule has 1 aliphatic heterocycles. The number of amidine groups is 1. The molecule has 1 aromatic heterocycles. The lowest BCUT2D eigenvalue weighted by Crippen LogP contribution is -2.49. The number of nitrogens with zero attached hydrogens (tertiary/aromatic N) is 6. The number of benzene rings is 2. The van der Waals surface area contributed by atoms with Gasteiger partial charge in [-0.15, -0.1) is 0 Å². The van der Waals surface area contributed by atoms with E-state index in [2.05, 4.69) is 19.8 Å². The van der Waals surface area contributed by atoms with Crippen molar-refractivity contribution in [2.24, 2.45) is 4.99 Å². The zero-order valence-electron chi connectivity index (χ0n) is 19.6. The van der Waals surface area contributed by atoms with E-state index in [1.807, 2.05) is 57.2 Å². The molecule has 0 amide bonds. The molecule has 0 N–H and O–H groups in total. The van der Waals surface area contributed by atoms with Gasteiger partial charge in [-0.25, -0.2) is 15.0 Å². The van der Waals surface area contributed by atoms with Crippen molar-refractivity contribution in [2.45, 2.75) is 20.8 Å². The summed E-state index contributed by atoms with van der Waals surface area (Å²) in [4.78, 5) is 29.4. The van der Waals surface area contributed by atoms with Crippen molar-refractivity contribution >= 4 is 23.2 Å². The Morgan fingerprint density at radius 3 is 2.32 bits per heavy atom. The topological polar surface area (TPSA) is 97.0 Å². The summed E-state index contributed by atoms with van der Waals surface area (Å²) in [6, 6.07) is 16.1. The number of aliphatic imine (C=N–C) groups is 1. The maximum atomic E-state index is 11.4. The third kappa shape index (κ3) is 5.48. The summed E-state index contributed by atoms with van der Waals surface area (Å²) in [5, 5.41) is 11.4. The van der Waals surface area contributed by atoms with E-state index >= 15 is 0 Å². The van der Waals surface area contributed by atoms with Crippen LogP contribution in [0.3, 0.4) is 0 Å². The number of aromatic nitrogens is 2. The number of aryl methyl sites for hydroxylation is 2. The largest absolute Gasteiger partial charge is 0.494 e. The Hall–Kier alpha value is -4.01. The van der Waals surface area contributed by atoms with Crippen LogP contribution in [0.4, 0.5) is 17.3 Å². The molecule has 0 atom stereocenters. The summed E-state index contributed by atoms with van der Waals surface area (Å²) in [5.74, 6) is 2.21. The Balaban J connectivity index is 1.62. The first kappa shape index (κ1) is 23.2. The molecule has 0 saturated carbocycles. The van der Waals surface area contributed by atoms with E-state index in [1.165, 1.54) is 6.07 Å². The molecule has 3 aromatic rings. The van der Waals surface area contributed by atoms with Crippen LogP contribution in [0.1, 0.15) is 23.9 Å². The van der Waals surface area contributed by atoms with Gasteiger partial charge in [0.2, 0.25) is 5.95 Å². The lowest BCUT2D eigenvalue weighted by atomic mass is 10.1. The van der Waals surface area contributed by atoms with Crippen LogP contribution < -0.4 is 9.64 Å². The van der Waals surface area contributed by atoms with Gasteiger partial charge < -0.3 is 14.5 Å². The smallest absolute Gasteiger partial charge is 0.270 e. The highest BCUT2D eigenvalue weighted by Gasteiger charge is 2.24. The minimum Gasteiger partial charge on any atom is -0.494 e. The molecule has 9 heteroatoms. The lowest BCUT2D eigenvalue weighted by Gasteiger charge is -2.36. The molecule has 0 unspecified atom stereocenters. The van der Waals surface area contributed by atoms with E-state index < -0.39 is 0 Å². The zero-order valence-corrected chi connectivity index (χ0v) is 19.6. The van der Waals surface area contributed by atoms with Gasteiger partial charge in [-0.05, 0) is 51.1 Å². The number of piperazine rings is 1. The molecule has 1 fully saturated rings. The zero-order chi connectivity index (χ0) is 24.1. The second kappa shape index (κ2) is 10.3. The summed E-state index contributed by atoms with van der Waals surface area (Å²) in [5.41, 5.74) is 3.39. The Morgan fingerprint density at radius 2 is 1.71 bits per heavy atom. The third-order valence-corrected chi connectivity index (χ3v) is 5.53. The van der Waals surface area contributed by atoms with Gasteiger partial charge in [0.25, 0.3) is 5.69 Å². The Bertz CT molecular complexity index is 1170. The fourth-order valence-electron chi connectivity index (χ4n) is 3.95. The summed E-state index contributed by atoms with van der Waals surface area (Å²) in [6.45, 7) is 9.30. The minimum atomic E-state index is -0.382. The molecule has 9 nitrogen and oxygen atoms in total. The number of ether oxygens (including phenoxy) is 1. The second-order valence-corrected chi connectivity index (χ2v) is 8.09. The van der Waals surface area contributed by atoms with Gasteiger partial charge in [0.05, 0.1) is 17.2 Å². The number of anilines is 1. The third-order valence-electron chi connectivity index (χ3n) is 5.53. The molecule has 34 heavy (non-hydrogen) atoms. The monoisotopic (exact) mass is 460 g/mol. The molecule has 0 bridgehead atoms. The first-order valence-electron chi connectivity index (χ1n) is 11.3. The van der Waals surface area contributed by atoms with E-state index in [4.69, 9.17) is 9.73 Å². The number of hydrogen-bond acceptors (Lipinski definition) is 7. The number of hydrogen-bond donors (Lipinski definition) is 0. The molecule has 1 aliphatic rings. The van der Waals surface area contributed by atoms with Crippen LogP contribution >= 0.6 is 0 Å². The highest BCUT2D eigenvalue weighted by Crippen LogP contribution is 2.23. The fraction of sp³-hybridized carbons (Fsp3) is 0.320. The molecule has 2 aromatic carbocycles. The van der Waals surface area contributed by atoms with Gasteiger partial charge in [0, 0.05) is 55.3 Å². The van der Waals surface area contributed by atoms with Gasteiger partial charge in [-0.1, -0.05) is 12.1 Å². The van der Waals surface area contributed by atoms with Crippen LogP contribution in [0, 0.1) is 24.0 Å². The fourth-order valence-corrected chi connectivity index (χ4v) is 3.95. The predicted octanol–water partition coefficient (Wildman–Crippen LogP) is 4.30. The van der Waals surface area contributed by atoms with Crippen LogP contribution in [-0.2, 0) is 0 Å². The van der Waals surface area contributed by atoms with Crippen molar-refractivity contribution < 1.29 is 9.66 Å². The van der Waals surface area contributed by atoms with Gasteiger partial charge >= 0.3 is 0 Å². The Labute approximate surface area is 198 Å². The van der Waals surface area contributed by atoms with Crippen LogP contribution in [0.2, 0.25) is 0 Å². The highest BCUT2D eigenvalue weighted by molar-refractivity contribution is 6.01. The predicted molar refractivity (Wildman–Crippen MR) is 132 cm³/mol. The van der Waals surface area contributed by atoms with E-state index in [1.54, 1.807) is 12.1 Å². The molecule has 1 saturated heterocycles. The van der Waals surface area contributed by atoms with E-state index in [0.717, 1.165) is 41.9 Å². The van der Waals surface area contributed by atoms with E-state index in [-0.39, 0.29) is 10.6 Å². The highest BCUT2D eigenvalue weighted by atomic mass is 16.6. The summed E-state index contributed by atoms with van der Waals surface area (Å²) in [7, 11) is 0.